The van der Waals surface area contributed by atoms with Crippen molar-refractivity contribution in [3.63, 3.8) is 0 Å². The standard InChI is InChI=1S/C27H28BrN3O3/c1-17(25(33)29-27(2,3)4)30(15-18-11-13-20(28)14-12-18)23(32)16-31-22-10-6-8-19-7-5-9-21(24(19)22)26(31)34/h5-14,17H,15-16H2,1-4H3,(H,29,33). The summed E-state index contributed by atoms with van der Waals surface area (Å²) >= 11 is 3.43. The molecule has 0 aromatic heterocycles. The Balaban J connectivity index is 1.63. The first kappa shape index (κ1) is 24.0. The average molecular weight is 522 g/mol. The number of nitrogens with one attached hydrogen (secondary N) is 1. The maximum atomic E-state index is 13.6. The Hall–Kier alpha value is -3.19. The fourth-order valence-corrected chi connectivity index (χ4v) is 4.47. The number of rotatable bonds is 6. The van der Waals surface area contributed by atoms with Crippen LogP contribution in [-0.4, -0.2) is 40.7 Å². The molecule has 0 aliphatic carbocycles. The first-order valence-corrected chi connectivity index (χ1v) is 12.0. The predicted molar refractivity (Wildman–Crippen MR) is 138 cm³/mol. The zero-order valence-electron chi connectivity index (χ0n) is 19.8. The van der Waals surface area contributed by atoms with E-state index in [-0.39, 0.29) is 30.8 Å². The van der Waals surface area contributed by atoms with Gasteiger partial charge in [0.25, 0.3) is 5.91 Å². The Morgan fingerprint density at radius 3 is 2.32 bits per heavy atom. The second kappa shape index (κ2) is 9.22. The molecule has 0 fully saturated rings. The van der Waals surface area contributed by atoms with E-state index in [0.717, 1.165) is 26.5 Å². The lowest BCUT2D eigenvalue weighted by atomic mass is 10.1. The number of carbonyl (C=O) groups excluding carboxylic acids is 3. The summed E-state index contributed by atoms with van der Waals surface area (Å²) in [5.41, 5.74) is 1.78. The van der Waals surface area contributed by atoms with Crippen LogP contribution in [0.3, 0.4) is 0 Å². The average Bonchev–Trinajstić information content (AvgIpc) is 3.05. The summed E-state index contributed by atoms with van der Waals surface area (Å²) in [6, 6.07) is 18.2. The van der Waals surface area contributed by atoms with E-state index in [2.05, 4.69) is 21.2 Å². The summed E-state index contributed by atoms with van der Waals surface area (Å²) in [5, 5.41) is 4.78. The molecule has 0 saturated heterocycles. The summed E-state index contributed by atoms with van der Waals surface area (Å²) in [5.74, 6) is -0.732. The van der Waals surface area contributed by atoms with Crippen LogP contribution in [-0.2, 0) is 16.1 Å². The molecule has 1 unspecified atom stereocenters. The largest absolute Gasteiger partial charge is 0.350 e. The zero-order valence-corrected chi connectivity index (χ0v) is 21.3. The first-order valence-electron chi connectivity index (χ1n) is 11.2. The predicted octanol–water partition coefficient (Wildman–Crippen LogP) is 4.89. The Morgan fingerprint density at radius 2 is 1.68 bits per heavy atom. The van der Waals surface area contributed by atoms with Crippen molar-refractivity contribution in [2.45, 2.75) is 45.8 Å². The summed E-state index contributed by atoms with van der Waals surface area (Å²) in [7, 11) is 0. The molecule has 4 rings (SSSR count). The van der Waals surface area contributed by atoms with Gasteiger partial charge in [0.1, 0.15) is 12.6 Å². The third kappa shape index (κ3) is 4.85. The van der Waals surface area contributed by atoms with Crippen molar-refractivity contribution in [2.24, 2.45) is 0 Å². The summed E-state index contributed by atoms with van der Waals surface area (Å²) < 4.78 is 0.932. The second-order valence-electron chi connectivity index (χ2n) is 9.64. The highest BCUT2D eigenvalue weighted by Crippen LogP contribution is 2.37. The van der Waals surface area contributed by atoms with E-state index in [1.54, 1.807) is 17.9 Å². The van der Waals surface area contributed by atoms with E-state index < -0.39 is 11.6 Å². The molecular weight excluding hydrogens is 494 g/mol. The molecule has 3 aromatic rings. The molecule has 1 atom stereocenters. The van der Waals surface area contributed by atoms with Gasteiger partial charge in [0.2, 0.25) is 11.8 Å². The van der Waals surface area contributed by atoms with Crippen LogP contribution in [0.5, 0.6) is 0 Å². The van der Waals surface area contributed by atoms with Crippen LogP contribution in [0, 0.1) is 0 Å². The van der Waals surface area contributed by atoms with Gasteiger partial charge in [-0.1, -0.05) is 52.3 Å². The monoisotopic (exact) mass is 521 g/mol. The zero-order chi connectivity index (χ0) is 24.6. The number of hydrogen-bond donors (Lipinski definition) is 1. The molecule has 1 aliphatic rings. The summed E-state index contributed by atoms with van der Waals surface area (Å²) in [6.45, 7) is 7.54. The van der Waals surface area contributed by atoms with Crippen molar-refractivity contribution in [3.05, 3.63) is 76.3 Å². The molecule has 3 aromatic carbocycles. The van der Waals surface area contributed by atoms with Crippen LogP contribution >= 0.6 is 15.9 Å². The minimum Gasteiger partial charge on any atom is -0.350 e. The molecule has 0 spiro atoms. The third-order valence-corrected chi connectivity index (χ3v) is 6.40. The van der Waals surface area contributed by atoms with Crippen LogP contribution < -0.4 is 10.2 Å². The molecule has 1 N–H and O–H groups in total. The Bertz CT molecular complexity index is 1260. The molecule has 6 nitrogen and oxygen atoms in total. The molecular formula is C27H28BrN3O3. The SMILES string of the molecule is CC(C(=O)NC(C)(C)C)N(Cc1ccc(Br)cc1)C(=O)CN1C(=O)c2cccc3cccc1c23. The van der Waals surface area contributed by atoms with E-state index in [0.29, 0.717) is 5.56 Å². The number of carbonyl (C=O) groups is 3. The maximum Gasteiger partial charge on any atom is 0.259 e. The molecule has 0 saturated carbocycles. The maximum absolute atomic E-state index is 13.6. The van der Waals surface area contributed by atoms with Gasteiger partial charge in [0.15, 0.2) is 0 Å². The Labute approximate surface area is 208 Å². The van der Waals surface area contributed by atoms with Gasteiger partial charge in [0, 0.05) is 27.5 Å². The van der Waals surface area contributed by atoms with Gasteiger partial charge in [-0.05, 0) is 62.9 Å². The number of nitrogens with zero attached hydrogens (tertiary/aromatic N) is 2. The topological polar surface area (TPSA) is 69.7 Å². The van der Waals surface area contributed by atoms with Gasteiger partial charge >= 0.3 is 0 Å². The van der Waals surface area contributed by atoms with Gasteiger partial charge in [0.05, 0.1) is 5.69 Å². The van der Waals surface area contributed by atoms with Crippen molar-refractivity contribution in [2.75, 3.05) is 11.4 Å². The third-order valence-electron chi connectivity index (χ3n) is 5.87. The lowest BCUT2D eigenvalue weighted by molar-refractivity contribution is -0.140. The number of halogens is 1. The van der Waals surface area contributed by atoms with Crippen molar-refractivity contribution in [1.82, 2.24) is 10.2 Å². The van der Waals surface area contributed by atoms with Crippen molar-refractivity contribution in [3.8, 4) is 0 Å². The lowest BCUT2D eigenvalue weighted by Crippen LogP contribution is -2.54. The minimum atomic E-state index is -0.716. The Kier molecular flexibility index (Phi) is 6.49. The number of amides is 3. The van der Waals surface area contributed by atoms with Crippen LogP contribution in [0.25, 0.3) is 10.8 Å². The Morgan fingerprint density at radius 1 is 1.03 bits per heavy atom. The molecule has 1 heterocycles. The fraction of sp³-hybridized carbons (Fsp3) is 0.296. The van der Waals surface area contributed by atoms with Gasteiger partial charge in [-0.25, -0.2) is 0 Å². The van der Waals surface area contributed by atoms with Crippen molar-refractivity contribution >= 4 is 50.1 Å². The molecule has 1 aliphatic heterocycles. The van der Waals surface area contributed by atoms with Gasteiger partial charge in [-0.2, -0.15) is 0 Å². The smallest absolute Gasteiger partial charge is 0.259 e. The molecule has 176 valence electrons. The number of hydrogen-bond acceptors (Lipinski definition) is 3. The number of anilines is 1. The lowest BCUT2D eigenvalue weighted by Gasteiger charge is -2.32. The number of benzene rings is 3. The molecule has 0 radical (unpaired) electrons. The quantitative estimate of drug-likeness (QED) is 0.501. The highest BCUT2D eigenvalue weighted by molar-refractivity contribution is 9.10. The van der Waals surface area contributed by atoms with E-state index in [4.69, 9.17) is 0 Å². The normalized spacial score (nSPS) is 13.8. The fourth-order valence-electron chi connectivity index (χ4n) is 4.21. The molecule has 34 heavy (non-hydrogen) atoms. The van der Waals surface area contributed by atoms with E-state index in [9.17, 15) is 14.4 Å². The van der Waals surface area contributed by atoms with Gasteiger partial charge in [-0.15, -0.1) is 0 Å². The van der Waals surface area contributed by atoms with Crippen LogP contribution in [0.15, 0.2) is 65.1 Å². The minimum absolute atomic E-state index is 0.143. The van der Waals surface area contributed by atoms with Gasteiger partial charge < -0.3 is 10.2 Å². The van der Waals surface area contributed by atoms with Crippen LogP contribution in [0.2, 0.25) is 0 Å². The molecule has 7 heteroatoms. The van der Waals surface area contributed by atoms with Crippen LogP contribution in [0.4, 0.5) is 5.69 Å². The van der Waals surface area contributed by atoms with Crippen LogP contribution in [0.1, 0.15) is 43.6 Å². The molecule has 3 amide bonds. The summed E-state index contributed by atoms with van der Waals surface area (Å²) in [6.07, 6.45) is 0. The van der Waals surface area contributed by atoms with E-state index >= 15 is 0 Å². The van der Waals surface area contributed by atoms with E-state index in [1.807, 2.05) is 75.4 Å². The highest BCUT2D eigenvalue weighted by Gasteiger charge is 2.34. The van der Waals surface area contributed by atoms with E-state index in [1.165, 1.54) is 4.90 Å². The summed E-state index contributed by atoms with van der Waals surface area (Å²) in [4.78, 5) is 42.9. The van der Waals surface area contributed by atoms with Gasteiger partial charge in [-0.3, -0.25) is 19.3 Å². The second-order valence-corrected chi connectivity index (χ2v) is 10.6. The van der Waals surface area contributed by atoms with Crippen molar-refractivity contribution < 1.29 is 14.4 Å². The molecule has 0 bridgehead atoms. The first-order chi connectivity index (χ1) is 16.0. The van der Waals surface area contributed by atoms with Crippen molar-refractivity contribution in [1.29, 1.82) is 0 Å². The highest BCUT2D eigenvalue weighted by atomic mass is 79.9.